The average Bonchev–Trinajstić information content (AvgIpc) is 2.61. The van der Waals surface area contributed by atoms with E-state index in [4.69, 9.17) is 0 Å². The van der Waals surface area contributed by atoms with Gasteiger partial charge in [0, 0.05) is 35.0 Å². The minimum absolute atomic E-state index is 0.0556. The van der Waals surface area contributed by atoms with Gasteiger partial charge < -0.3 is 20.4 Å². The molecule has 2 aliphatic rings. The van der Waals surface area contributed by atoms with E-state index in [9.17, 15) is 9.59 Å². The number of rotatable bonds is 6. The molecule has 30 heavy (non-hydrogen) atoms. The predicted octanol–water partition coefficient (Wildman–Crippen LogP) is 0.685. The van der Waals surface area contributed by atoms with Gasteiger partial charge in [-0.3, -0.25) is 9.59 Å². The lowest BCUT2D eigenvalue weighted by molar-refractivity contribution is -0.904. The number of amides is 2. The van der Waals surface area contributed by atoms with E-state index >= 15 is 0 Å². The first-order chi connectivity index (χ1) is 14.3. The number of quaternary nitrogens is 2. The summed E-state index contributed by atoms with van der Waals surface area (Å²) in [5.41, 5.74) is 1.56. The van der Waals surface area contributed by atoms with Crippen LogP contribution >= 0.6 is 0 Å². The molecule has 0 bridgehead atoms. The summed E-state index contributed by atoms with van der Waals surface area (Å²) < 4.78 is 0. The Kier molecular flexibility index (Phi) is 7.89. The summed E-state index contributed by atoms with van der Waals surface area (Å²) in [6, 6.07) is 7.45. The van der Waals surface area contributed by atoms with Crippen LogP contribution in [-0.2, 0) is 9.59 Å². The molecule has 2 unspecified atom stereocenters. The van der Waals surface area contributed by atoms with Crippen LogP contribution < -0.4 is 20.4 Å². The lowest BCUT2D eigenvalue weighted by Gasteiger charge is -2.31. The number of anilines is 2. The lowest BCUT2D eigenvalue weighted by atomic mass is 9.92. The molecule has 3 rings (SSSR count). The van der Waals surface area contributed by atoms with Gasteiger partial charge in [0.1, 0.15) is 0 Å². The zero-order chi connectivity index (χ0) is 21.7. The number of hydrogen-bond acceptors (Lipinski definition) is 2. The summed E-state index contributed by atoms with van der Waals surface area (Å²) in [4.78, 5) is 27.6. The van der Waals surface area contributed by atoms with Crippen LogP contribution in [0.5, 0.6) is 0 Å². The average molecular weight is 417 g/mol. The lowest BCUT2D eigenvalue weighted by Crippen LogP contribution is -3.15. The van der Waals surface area contributed by atoms with Crippen molar-refractivity contribution >= 4 is 23.2 Å². The van der Waals surface area contributed by atoms with Crippen LogP contribution in [0.15, 0.2) is 24.3 Å². The van der Waals surface area contributed by atoms with Crippen molar-refractivity contribution in [1.82, 2.24) is 0 Å². The minimum Gasteiger partial charge on any atom is -0.327 e. The van der Waals surface area contributed by atoms with Crippen molar-refractivity contribution in [2.45, 2.75) is 40.5 Å². The molecule has 2 aliphatic heterocycles. The van der Waals surface area contributed by atoms with Crippen molar-refractivity contribution in [3.8, 4) is 0 Å². The van der Waals surface area contributed by atoms with Gasteiger partial charge in [0.2, 0.25) is 0 Å². The van der Waals surface area contributed by atoms with Gasteiger partial charge >= 0.3 is 0 Å². The number of carbonyl (C=O) groups is 2. The maximum Gasteiger partial charge on any atom is 0.279 e. The normalized spacial score (nSPS) is 31.7. The van der Waals surface area contributed by atoms with Gasteiger partial charge in [-0.05, 0) is 37.1 Å². The molecule has 2 amide bonds. The van der Waals surface area contributed by atoms with E-state index in [0.29, 0.717) is 36.8 Å². The second-order valence-electron chi connectivity index (χ2n) is 10.2. The quantitative estimate of drug-likeness (QED) is 0.551. The number of likely N-dealkylation sites (tertiary alicyclic amines) is 2. The molecule has 2 saturated heterocycles. The molecule has 1 aromatic rings. The van der Waals surface area contributed by atoms with E-state index in [1.807, 2.05) is 24.3 Å². The van der Waals surface area contributed by atoms with Crippen LogP contribution in [0.25, 0.3) is 0 Å². The van der Waals surface area contributed by atoms with Crippen molar-refractivity contribution in [2.75, 3.05) is 49.9 Å². The van der Waals surface area contributed by atoms with Gasteiger partial charge in [-0.2, -0.15) is 0 Å². The second kappa shape index (κ2) is 10.4. The van der Waals surface area contributed by atoms with Gasteiger partial charge in [-0.25, -0.2) is 0 Å². The van der Waals surface area contributed by atoms with Crippen molar-refractivity contribution in [2.24, 2.45) is 23.7 Å². The van der Waals surface area contributed by atoms with Crippen LogP contribution in [0.1, 0.15) is 40.5 Å². The zero-order valence-corrected chi connectivity index (χ0v) is 19.1. The Labute approximate surface area is 181 Å². The fourth-order valence-corrected chi connectivity index (χ4v) is 5.64. The molecule has 6 nitrogen and oxygen atoms in total. The molecule has 1 aromatic carbocycles. The molecule has 0 radical (unpaired) electrons. The highest BCUT2D eigenvalue weighted by Crippen LogP contribution is 2.15. The Bertz CT molecular complexity index is 639. The van der Waals surface area contributed by atoms with Crippen LogP contribution in [0.2, 0.25) is 0 Å². The number of hydrogen-bond donors (Lipinski definition) is 4. The Morgan fingerprint density at radius 1 is 0.700 bits per heavy atom. The van der Waals surface area contributed by atoms with Crippen LogP contribution in [-0.4, -0.2) is 51.1 Å². The fraction of sp³-hybridized carbons (Fsp3) is 0.667. The molecule has 2 heterocycles. The third kappa shape index (κ3) is 7.10. The molecule has 4 N–H and O–H groups in total. The van der Waals surface area contributed by atoms with E-state index < -0.39 is 0 Å². The number of piperidine rings is 2. The Balaban J connectivity index is 1.44. The standard InChI is InChI=1S/C24H38N4O2/c1-17-9-18(2)12-27(11-17)15-23(29)25-21-5-7-22(8-6-21)26-24(30)16-28-13-19(3)10-20(4)14-28/h5-8,17-20H,9-16H2,1-4H3,(H,25,29)(H,26,30)/p+2/t17-,18+,19-,20+. The van der Waals surface area contributed by atoms with Gasteiger partial charge in [-0.1, -0.05) is 27.7 Å². The van der Waals surface area contributed by atoms with Gasteiger partial charge in [0.15, 0.2) is 13.1 Å². The van der Waals surface area contributed by atoms with Crippen molar-refractivity contribution in [3.05, 3.63) is 24.3 Å². The molecule has 0 aromatic heterocycles. The third-order valence-corrected chi connectivity index (χ3v) is 6.43. The Morgan fingerprint density at radius 2 is 1.00 bits per heavy atom. The first-order valence-corrected chi connectivity index (χ1v) is 11.6. The summed E-state index contributed by atoms with van der Waals surface area (Å²) in [7, 11) is 0. The molecule has 6 atom stereocenters. The predicted molar refractivity (Wildman–Crippen MR) is 121 cm³/mol. The summed E-state index contributed by atoms with van der Waals surface area (Å²) >= 11 is 0. The highest BCUT2D eigenvalue weighted by atomic mass is 16.2. The van der Waals surface area contributed by atoms with Crippen LogP contribution in [0.4, 0.5) is 11.4 Å². The number of nitrogens with one attached hydrogen (secondary N) is 4. The smallest absolute Gasteiger partial charge is 0.279 e. The van der Waals surface area contributed by atoms with Crippen LogP contribution in [0, 0.1) is 23.7 Å². The molecule has 0 aliphatic carbocycles. The fourth-order valence-electron chi connectivity index (χ4n) is 5.64. The van der Waals surface area contributed by atoms with Gasteiger partial charge in [0.05, 0.1) is 26.2 Å². The van der Waals surface area contributed by atoms with E-state index in [2.05, 4.69) is 38.3 Å². The SMILES string of the molecule is C[C@@H]1C[C@H](C)C[NH+](CC(=O)Nc2ccc(NC(=O)C[NH+]3C[C@H](C)C[C@H](C)C3)cc2)C1. The summed E-state index contributed by atoms with van der Waals surface area (Å²) in [6.07, 6.45) is 2.52. The largest absolute Gasteiger partial charge is 0.327 e. The molecule has 0 saturated carbocycles. The minimum atomic E-state index is 0.0556. The monoisotopic (exact) mass is 416 g/mol. The third-order valence-electron chi connectivity index (χ3n) is 6.43. The Morgan fingerprint density at radius 3 is 1.30 bits per heavy atom. The molecule has 0 spiro atoms. The molecule has 166 valence electrons. The highest BCUT2D eigenvalue weighted by molar-refractivity contribution is 5.93. The zero-order valence-electron chi connectivity index (χ0n) is 19.1. The van der Waals surface area contributed by atoms with E-state index in [0.717, 1.165) is 37.6 Å². The first-order valence-electron chi connectivity index (χ1n) is 11.6. The number of benzene rings is 1. The van der Waals surface area contributed by atoms with Gasteiger partial charge in [-0.15, -0.1) is 0 Å². The number of carbonyl (C=O) groups excluding carboxylic acids is 2. The molecule has 2 fully saturated rings. The van der Waals surface area contributed by atoms with Crippen molar-refractivity contribution in [3.63, 3.8) is 0 Å². The topological polar surface area (TPSA) is 67.1 Å². The second-order valence-corrected chi connectivity index (χ2v) is 10.2. The molecular formula is C24H40N4O2+2. The summed E-state index contributed by atoms with van der Waals surface area (Å²) in [6.45, 7) is 14.4. The van der Waals surface area contributed by atoms with E-state index in [1.54, 1.807) is 0 Å². The summed E-state index contributed by atoms with van der Waals surface area (Å²) in [5.74, 6) is 2.82. The van der Waals surface area contributed by atoms with Gasteiger partial charge in [0.25, 0.3) is 11.8 Å². The molecular weight excluding hydrogens is 376 g/mol. The highest BCUT2D eigenvalue weighted by Gasteiger charge is 2.27. The van der Waals surface area contributed by atoms with Crippen molar-refractivity contribution in [1.29, 1.82) is 0 Å². The Hall–Kier alpha value is -1.92. The van der Waals surface area contributed by atoms with E-state index in [-0.39, 0.29) is 11.8 Å². The van der Waals surface area contributed by atoms with Crippen molar-refractivity contribution < 1.29 is 19.4 Å². The molecule has 6 heteroatoms. The summed E-state index contributed by atoms with van der Waals surface area (Å²) in [5, 5.41) is 6.00. The maximum atomic E-state index is 12.4. The first kappa shape index (κ1) is 22.8. The van der Waals surface area contributed by atoms with Crippen LogP contribution in [0.3, 0.4) is 0 Å². The maximum absolute atomic E-state index is 12.4. The van der Waals surface area contributed by atoms with E-state index in [1.165, 1.54) is 22.6 Å².